The van der Waals surface area contributed by atoms with E-state index in [2.05, 4.69) is 10.2 Å². The summed E-state index contributed by atoms with van der Waals surface area (Å²) >= 11 is 0. The molecule has 1 aliphatic heterocycles. The van der Waals surface area contributed by atoms with Crippen LogP contribution >= 0.6 is 0 Å². The molecule has 0 bridgehead atoms. The lowest BCUT2D eigenvalue weighted by Crippen LogP contribution is -2.56. The van der Waals surface area contributed by atoms with Gasteiger partial charge in [-0.1, -0.05) is 43.2 Å². The molecule has 1 aromatic rings. The van der Waals surface area contributed by atoms with Crippen LogP contribution in [0.25, 0.3) is 0 Å². The first-order chi connectivity index (χ1) is 14.8. The van der Waals surface area contributed by atoms with Crippen molar-refractivity contribution >= 4 is 21.8 Å². The SMILES string of the molecule is CS(=O)(=O)CCC(NC(=O)OCc1ccccc1)C(=O)N1CCN(C2CCCC2)CC1. The van der Waals surface area contributed by atoms with Gasteiger partial charge in [-0.05, 0) is 24.8 Å². The van der Waals surface area contributed by atoms with Crippen molar-refractivity contribution in [2.75, 3.05) is 38.2 Å². The molecule has 2 amide bonds. The molecule has 0 aromatic heterocycles. The maximum atomic E-state index is 13.1. The van der Waals surface area contributed by atoms with Gasteiger partial charge in [-0.25, -0.2) is 13.2 Å². The molecule has 1 unspecified atom stereocenters. The molecule has 1 saturated carbocycles. The molecule has 9 heteroatoms. The first kappa shape index (κ1) is 23.5. The zero-order valence-corrected chi connectivity index (χ0v) is 19.0. The fourth-order valence-corrected chi connectivity index (χ4v) is 4.96. The summed E-state index contributed by atoms with van der Waals surface area (Å²) in [5.41, 5.74) is 0.833. The van der Waals surface area contributed by atoms with Gasteiger partial charge in [0, 0.05) is 38.5 Å². The number of benzene rings is 1. The molecular formula is C22H33N3O5S. The van der Waals surface area contributed by atoms with Crippen molar-refractivity contribution in [1.29, 1.82) is 0 Å². The van der Waals surface area contributed by atoms with Crippen molar-refractivity contribution in [2.24, 2.45) is 0 Å². The molecular weight excluding hydrogens is 418 g/mol. The molecule has 0 spiro atoms. The lowest BCUT2D eigenvalue weighted by molar-refractivity contribution is -0.135. The number of carbonyl (C=O) groups excluding carboxylic acids is 2. The minimum atomic E-state index is -3.27. The number of ether oxygens (including phenoxy) is 1. The Morgan fingerprint density at radius 2 is 1.74 bits per heavy atom. The van der Waals surface area contributed by atoms with Gasteiger partial charge in [0.15, 0.2) is 0 Å². The average Bonchev–Trinajstić information content (AvgIpc) is 3.30. The second kappa shape index (κ2) is 10.9. The second-order valence-corrected chi connectivity index (χ2v) is 10.7. The van der Waals surface area contributed by atoms with Crippen LogP contribution in [0, 0.1) is 0 Å². The fourth-order valence-electron chi connectivity index (χ4n) is 4.29. The van der Waals surface area contributed by atoms with Gasteiger partial charge in [-0.3, -0.25) is 9.69 Å². The van der Waals surface area contributed by atoms with Crippen molar-refractivity contribution in [1.82, 2.24) is 15.1 Å². The molecule has 2 aliphatic rings. The number of amides is 2. The van der Waals surface area contributed by atoms with Crippen LogP contribution in [0.15, 0.2) is 30.3 Å². The molecule has 1 saturated heterocycles. The first-order valence-electron chi connectivity index (χ1n) is 11.0. The Morgan fingerprint density at radius 3 is 2.35 bits per heavy atom. The Labute approximate surface area is 184 Å². The van der Waals surface area contributed by atoms with Gasteiger partial charge in [0.05, 0.1) is 5.75 Å². The normalized spacial score (nSPS) is 19.2. The monoisotopic (exact) mass is 451 g/mol. The van der Waals surface area contributed by atoms with E-state index >= 15 is 0 Å². The summed E-state index contributed by atoms with van der Waals surface area (Å²) in [6, 6.07) is 8.93. The Morgan fingerprint density at radius 1 is 1.10 bits per heavy atom. The Bertz CT molecular complexity index is 832. The molecule has 172 valence electrons. The van der Waals surface area contributed by atoms with Crippen LogP contribution in [0.4, 0.5) is 4.79 Å². The molecule has 1 aromatic carbocycles. The van der Waals surface area contributed by atoms with Crippen LogP contribution in [0.3, 0.4) is 0 Å². The van der Waals surface area contributed by atoms with Gasteiger partial charge in [0.2, 0.25) is 5.91 Å². The van der Waals surface area contributed by atoms with Crippen molar-refractivity contribution in [3.63, 3.8) is 0 Å². The van der Waals surface area contributed by atoms with E-state index in [9.17, 15) is 18.0 Å². The number of carbonyl (C=O) groups is 2. The number of rotatable bonds is 8. The van der Waals surface area contributed by atoms with Crippen molar-refractivity contribution < 1.29 is 22.7 Å². The average molecular weight is 452 g/mol. The van der Waals surface area contributed by atoms with Crippen LogP contribution in [0.1, 0.15) is 37.7 Å². The number of hydrogen-bond acceptors (Lipinski definition) is 6. The number of nitrogens with one attached hydrogen (secondary N) is 1. The summed E-state index contributed by atoms with van der Waals surface area (Å²) < 4.78 is 28.5. The Kier molecular flexibility index (Phi) is 8.31. The number of hydrogen-bond donors (Lipinski definition) is 1. The summed E-state index contributed by atoms with van der Waals surface area (Å²) in [6.07, 6.45) is 5.42. The summed E-state index contributed by atoms with van der Waals surface area (Å²) in [5, 5.41) is 2.59. The van der Waals surface area contributed by atoms with Crippen molar-refractivity contribution in [3.05, 3.63) is 35.9 Å². The van der Waals surface area contributed by atoms with E-state index in [1.54, 1.807) is 4.90 Å². The largest absolute Gasteiger partial charge is 0.445 e. The first-order valence-corrected chi connectivity index (χ1v) is 13.1. The van der Waals surface area contributed by atoms with Gasteiger partial charge in [-0.2, -0.15) is 0 Å². The fraction of sp³-hybridized carbons (Fsp3) is 0.636. The third kappa shape index (κ3) is 7.50. The topological polar surface area (TPSA) is 96.0 Å². The summed E-state index contributed by atoms with van der Waals surface area (Å²) in [4.78, 5) is 29.6. The quantitative estimate of drug-likeness (QED) is 0.648. The zero-order chi connectivity index (χ0) is 22.3. The van der Waals surface area contributed by atoms with Crippen LogP contribution in [0.5, 0.6) is 0 Å². The highest BCUT2D eigenvalue weighted by Crippen LogP contribution is 2.24. The number of sulfone groups is 1. The Balaban J connectivity index is 1.55. The molecule has 3 rings (SSSR count). The predicted molar refractivity (Wildman–Crippen MR) is 118 cm³/mol. The van der Waals surface area contributed by atoms with Crippen molar-refractivity contribution in [2.45, 2.75) is 50.8 Å². The van der Waals surface area contributed by atoms with E-state index in [0.717, 1.165) is 24.9 Å². The summed E-state index contributed by atoms with van der Waals surface area (Å²) in [6.45, 7) is 2.89. The van der Waals surface area contributed by atoms with Crippen LogP contribution in [0.2, 0.25) is 0 Å². The van der Waals surface area contributed by atoms with E-state index in [4.69, 9.17) is 4.74 Å². The van der Waals surface area contributed by atoms with E-state index in [1.165, 1.54) is 25.7 Å². The van der Waals surface area contributed by atoms with Crippen LogP contribution in [-0.2, 0) is 26.0 Å². The predicted octanol–water partition coefficient (Wildman–Crippen LogP) is 1.80. The van der Waals surface area contributed by atoms with E-state index in [0.29, 0.717) is 19.1 Å². The molecule has 31 heavy (non-hydrogen) atoms. The number of alkyl carbamates (subject to hydrolysis) is 1. The molecule has 8 nitrogen and oxygen atoms in total. The lowest BCUT2D eigenvalue weighted by Gasteiger charge is -2.39. The van der Waals surface area contributed by atoms with Crippen LogP contribution < -0.4 is 5.32 Å². The molecule has 1 atom stereocenters. The maximum Gasteiger partial charge on any atom is 0.408 e. The van der Waals surface area contributed by atoms with Gasteiger partial charge < -0.3 is 15.0 Å². The summed E-state index contributed by atoms with van der Waals surface area (Å²) in [7, 11) is -3.27. The third-order valence-corrected chi connectivity index (χ3v) is 7.02. The molecule has 1 N–H and O–H groups in total. The highest BCUT2D eigenvalue weighted by Gasteiger charge is 2.32. The molecule has 0 radical (unpaired) electrons. The third-order valence-electron chi connectivity index (χ3n) is 6.05. The molecule has 1 heterocycles. The van der Waals surface area contributed by atoms with Gasteiger partial charge in [0.25, 0.3) is 0 Å². The summed E-state index contributed by atoms with van der Waals surface area (Å²) in [5.74, 6) is -0.420. The second-order valence-electron chi connectivity index (χ2n) is 8.48. The van der Waals surface area contributed by atoms with Gasteiger partial charge >= 0.3 is 6.09 Å². The minimum absolute atomic E-state index is 0.0287. The number of piperazine rings is 1. The maximum absolute atomic E-state index is 13.1. The van der Waals surface area contributed by atoms with Crippen LogP contribution in [-0.4, -0.2) is 80.5 Å². The van der Waals surface area contributed by atoms with Gasteiger partial charge in [0.1, 0.15) is 22.5 Å². The minimum Gasteiger partial charge on any atom is -0.445 e. The zero-order valence-electron chi connectivity index (χ0n) is 18.2. The van der Waals surface area contributed by atoms with Crippen molar-refractivity contribution in [3.8, 4) is 0 Å². The van der Waals surface area contributed by atoms with E-state index in [1.807, 2.05) is 30.3 Å². The number of nitrogens with zero attached hydrogens (tertiary/aromatic N) is 2. The highest BCUT2D eigenvalue weighted by atomic mass is 32.2. The Hall–Kier alpha value is -2.13. The molecule has 2 fully saturated rings. The van der Waals surface area contributed by atoms with Gasteiger partial charge in [-0.15, -0.1) is 0 Å². The van der Waals surface area contributed by atoms with E-state index < -0.39 is 22.0 Å². The standard InChI is InChI=1S/C22H33N3O5S/c1-31(28,29)16-11-20(23-22(27)30-17-18-7-3-2-4-8-18)21(26)25-14-12-24(13-15-25)19-9-5-6-10-19/h2-4,7-8,19-20H,5-6,9-17H2,1H3,(H,23,27). The molecule has 1 aliphatic carbocycles. The lowest BCUT2D eigenvalue weighted by atomic mass is 10.1. The smallest absolute Gasteiger partial charge is 0.408 e. The highest BCUT2D eigenvalue weighted by molar-refractivity contribution is 7.90. The van der Waals surface area contributed by atoms with E-state index in [-0.39, 0.29) is 24.7 Å².